The molecule has 0 unspecified atom stereocenters. The average Bonchev–Trinajstić information content (AvgIpc) is 2.12. The number of halogens is 1. The Labute approximate surface area is 102 Å². The molecule has 0 aliphatic rings. The van der Waals surface area contributed by atoms with Crippen LogP contribution in [0.2, 0.25) is 0 Å². The van der Waals surface area contributed by atoms with Crippen molar-refractivity contribution < 1.29 is 18.3 Å². The van der Waals surface area contributed by atoms with Crippen LogP contribution in [0.4, 0.5) is 5.69 Å². The van der Waals surface area contributed by atoms with E-state index in [0.717, 1.165) is 10.6 Å². The summed E-state index contributed by atoms with van der Waals surface area (Å²) in [5.74, 6) is -1.20. The molecular weight excluding hydrogens is 298 g/mol. The summed E-state index contributed by atoms with van der Waals surface area (Å²) < 4.78 is 24.4. The van der Waals surface area contributed by atoms with Crippen LogP contribution in [0.25, 0.3) is 0 Å². The van der Waals surface area contributed by atoms with E-state index >= 15 is 0 Å². The van der Waals surface area contributed by atoms with Crippen molar-refractivity contribution in [3.63, 3.8) is 0 Å². The fraction of sp³-hybridized carbons (Fsp3) is 0.222. The first-order chi connectivity index (χ1) is 7.30. The number of carboxylic acid groups (broad SMARTS) is 1. The molecule has 1 aromatic rings. The summed E-state index contributed by atoms with van der Waals surface area (Å²) >= 11 is 3.19. The summed E-state index contributed by atoms with van der Waals surface area (Å²) in [5, 5.41) is 8.66. The predicted molar refractivity (Wildman–Crippen MR) is 64.0 cm³/mol. The summed E-state index contributed by atoms with van der Waals surface area (Å²) in [7, 11) is -3.60. The van der Waals surface area contributed by atoms with Crippen LogP contribution in [0.5, 0.6) is 0 Å². The smallest absolute Gasteiger partial charge is 0.324 e. The lowest BCUT2D eigenvalue weighted by Crippen LogP contribution is -2.34. The number of hydrogen-bond donors (Lipinski definition) is 1. The molecule has 0 bridgehead atoms. The summed E-state index contributed by atoms with van der Waals surface area (Å²) in [6, 6.07) is 6.45. The molecule has 1 N–H and O–H groups in total. The minimum atomic E-state index is -3.60. The molecule has 0 atom stereocenters. The van der Waals surface area contributed by atoms with Gasteiger partial charge < -0.3 is 5.11 Å². The molecule has 0 aromatic heterocycles. The number of anilines is 1. The van der Waals surface area contributed by atoms with E-state index in [0.29, 0.717) is 10.2 Å². The Morgan fingerprint density at radius 1 is 1.50 bits per heavy atom. The molecule has 5 nitrogen and oxygen atoms in total. The molecule has 0 saturated carbocycles. The van der Waals surface area contributed by atoms with Crippen molar-refractivity contribution in [1.29, 1.82) is 0 Å². The van der Waals surface area contributed by atoms with Crippen molar-refractivity contribution >= 4 is 37.6 Å². The maximum absolute atomic E-state index is 11.4. The van der Waals surface area contributed by atoms with Crippen LogP contribution in [0, 0.1) is 0 Å². The maximum atomic E-state index is 11.4. The zero-order chi connectivity index (χ0) is 12.3. The number of hydrogen-bond acceptors (Lipinski definition) is 3. The Balaban J connectivity index is 3.16. The zero-order valence-corrected chi connectivity index (χ0v) is 10.8. The fourth-order valence-electron chi connectivity index (χ4n) is 1.15. The van der Waals surface area contributed by atoms with E-state index in [1.807, 2.05) is 0 Å². The molecule has 0 fully saturated rings. The van der Waals surface area contributed by atoms with Crippen LogP contribution in [0.15, 0.2) is 28.7 Å². The van der Waals surface area contributed by atoms with Gasteiger partial charge in [0.05, 0.1) is 11.9 Å². The number of carbonyl (C=O) groups is 1. The van der Waals surface area contributed by atoms with Crippen LogP contribution in [0.3, 0.4) is 0 Å². The highest BCUT2D eigenvalue weighted by Crippen LogP contribution is 2.21. The Bertz CT molecular complexity index is 500. The second-order valence-corrected chi connectivity index (χ2v) is 5.97. The zero-order valence-electron chi connectivity index (χ0n) is 8.42. The van der Waals surface area contributed by atoms with Gasteiger partial charge in [-0.2, -0.15) is 0 Å². The number of benzene rings is 1. The maximum Gasteiger partial charge on any atom is 0.324 e. The highest BCUT2D eigenvalue weighted by Gasteiger charge is 2.20. The minimum Gasteiger partial charge on any atom is -0.480 e. The number of rotatable bonds is 4. The van der Waals surface area contributed by atoms with Crippen molar-refractivity contribution in [2.75, 3.05) is 17.1 Å². The molecule has 1 aromatic carbocycles. The molecule has 1 rings (SSSR count). The summed E-state index contributed by atoms with van der Waals surface area (Å²) in [6.07, 6.45) is 0.969. The molecule has 0 saturated heterocycles. The van der Waals surface area contributed by atoms with E-state index in [9.17, 15) is 13.2 Å². The Hall–Kier alpha value is -1.08. The molecule has 0 spiro atoms. The van der Waals surface area contributed by atoms with Crippen LogP contribution >= 0.6 is 15.9 Å². The molecule has 0 amide bonds. The lowest BCUT2D eigenvalue weighted by atomic mass is 10.3. The van der Waals surface area contributed by atoms with Gasteiger partial charge in [0.2, 0.25) is 10.0 Å². The van der Waals surface area contributed by atoms with Gasteiger partial charge in [0, 0.05) is 4.47 Å². The van der Waals surface area contributed by atoms with Gasteiger partial charge in [0.15, 0.2) is 0 Å². The first-order valence-electron chi connectivity index (χ1n) is 4.26. The van der Waals surface area contributed by atoms with Gasteiger partial charge in [-0.25, -0.2) is 8.42 Å². The van der Waals surface area contributed by atoms with Gasteiger partial charge in [-0.3, -0.25) is 9.10 Å². The average molecular weight is 308 g/mol. The molecular formula is C9H10BrNO4S. The number of carboxylic acids is 1. The van der Waals surface area contributed by atoms with Crippen LogP contribution in [-0.2, 0) is 14.8 Å². The standard InChI is InChI=1S/C9H10BrNO4S/c1-16(14,15)11(6-9(12)13)8-4-2-3-7(10)5-8/h2-5H,6H2,1H3,(H,12,13). The third kappa shape index (κ3) is 3.49. The Morgan fingerprint density at radius 2 is 2.12 bits per heavy atom. The second-order valence-electron chi connectivity index (χ2n) is 3.14. The van der Waals surface area contributed by atoms with Crippen LogP contribution in [-0.4, -0.2) is 32.3 Å². The van der Waals surface area contributed by atoms with E-state index < -0.39 is 22.5 Å². The Morgan fingerprint density at radius 3 is 2.56 bits per heavy atom. The topological polar surface area (TPSA) is 74.7 Å². The normalized spacial score (nSPS) is 11.1. The third-order valence-electron chi connectivity index (χ3n) is 1.78. The van der Waals surface area contributed by atoms with Crippen molar-refractivity contribution in [3.05, 3.63) is 28.7 Å². The largest absolute Gasteiger partial charge is 0.480 e. The van der Waals surface area contributed by atoms with Crippen LogP contribution < -0.4 is 4.31 Å². The molecule has 88 valence electrons. The van der Waals surface area contributed by atoms with Gasteiger partial charge >= 0.3 is 5.97 Å². The third-order valence-corrected chi connectivity index (χ3v) is 3.41. The van der Waals surface area contributed by atoms with Crippen molar-refractivity contribution in [2.24, 2.45) is 0 Å². The van der Waals surface area contributed by atoms with Gasteiger partial charge in [-0.1, -0.05) is 22.0 Å². The fourth-order valence-corrected chi connectivity index (χ4v) is 2.38. The summed E-state index contributed by atoms with van der Waals surface area (Å²) in [5.41, 5.74) is 0.319. The van der Waals surface area contributed by atoms with Gasteiger partial charge in [0.25, 0.3) is 0 Å². The lowest BCUT2D eigenvalue weighted by Gasteiger charge is -2.20. The lowest BCUT2D eigenvalue weighted by molar-refractivity contribution is -0.135. The second kappa shape index (κ2) is 4.84. The van der Waals surface area contributed by atoms with E-state index in [1.54, 1.807) is 18.2 Å². The number of nitrogens with zero attached hydrogens (tertiary/aromatic N) is 1. The molecule has 0 aliphatic heterocycles. The molecule has 0 radical (unpaired) electrons. The molecule has 0 heterocycles. The molecule has 7 heteroatoms. The van der Waals surface area contributed by atoms with Crippen molar-refractivity contribution in [1.82, 2.24) is 0 Å². The van der Waals surface area contributed by atoms with Crippen molar-refractivity contribution in [2.45, 2.75) is 0 Å². The van der Waals surface area contributed by atoms with Gasteiger partial charge in [-0.15, -0.1) is 0 Å². The molecule has 16 heavy (non-hydrogen) atoms. The van der Waals surface area contributed by atoms with Crippen molar-refractivity contribution in [3.8, 4) is 0 Å². The first-order valence-corrected chi connectivity index (χ1v) is 6.90. The SMILES string of the molecule is CS(=O)(=O)N(CC(=O)O)c1cccc(Br)c1. The Kier molecular flexibility index (Phi) is 3.93. The van der Waals surface area contributed by atoms with E-state index in [1.165, 1.54) is 6.07 Å². The predicted octanol–water partition coefficient (Wildman–Crippen LogP) is 1.30. The quantitative estimate of drug-likeness (QED) is 0.910. The first kappa shape index (κ1) is 13.0. The van der Waals surface area contributed by atoms with E-state index in [-0.39, 0.29) is 0 Å². The monoisotopic (exact) mass is 307 g/mol. The van der Waals surface area contributed by atoms with Crippen LogP contribution in [0.1, 0.15) is 0 Å². The van der Waals surface area contributed by atoms with Gasteiger partial charge in [0.1, 0.15) is 6.54 Å². The van der Waals surface area contributed by atoms with Gasteiger partial charge in [-0.05, 0) is 18.2 Å². The molecule has 0 aliphatic carbocycles. The summed E-state index contributed by atoms with van der Waals surface area (Å²) in [6.45, 7) is -0.588. The van der Waals surface area contributed by atoms with E-state index in [2.05, 4.69) is 15.9 Å². The summed E-state index contributed by atoms with van der Waals surface area (Å²) in [4.78, 5) is 10.6. The highest BCUT2D eigenvalue weighted by molar-refractivity contribution is 9.10. The minimum absolute atomic E-state index is 0.319. The number of aliphatic carboxylic acids is 1. The number of sulfonamides is 1. The van der Waals surface area contributed by atoms with E-state index in [4.69, 9.17) is 5.11 Å². The highest BCUT2D eigenvalue weighted by atomic mass is 79.9.